The van der Waals surface area contributed by atoms with Crippen LogP contribution in [0, 0.1) is 5.92 Å². The highest BCUT2D eigenvalue weighted by molar-refractivity contribution is 5.56. The summed E-state index contributed by atoms with van der Waals surface area (Å²) < 4.78 is 0. The molecule has 0 radical (unpaired) electrons. The average Bonchev–Trinajstić information content (AvgIpc) is 2.77. The lowest BCUT2D eigenvalue weighted by Gasteiger charge is -2.11. The molecule has 0 aliphatic carbocycles. The third-order valence-corrected chi connectivity index (χ3v) is 2.64. The Morgan fingerprint density at radius 1 is 1.35 bits per heavy atom. The Hall–Kier alpha value is -1.88. The molecule has 0 fully saturated rings. The van der Waals surface area contributed by atoms with Crippen molar-refractivity contribution >= 4 is 0 Å². The molecule has 0 spiro atoms. The number of nitrogens with two attached hydrogens (primary N) is 1. The second-order valence-corrected chi connectivity index (χ2v) is 4.36. The fraction of sp³-hybridized carbons (Fsp3) is 0.333. The van der Waals surface area contributed by atoms with Crippen LogP contribution in [0.5, 0.6) is 5.75 Å². The molecule has 1 aromatic heterocycles. The summed E-state index contributed by atoms with van der Waals surface area (Å²) in [4.78, 5) is 4.34. The zero-order chi connectivity index (χ0) is 12.4. The number of phenols is 1. The standard InChI is InChI=1S/C12H16N4O/c1-7(2)10(13)12-14-11(15-16-12)8-4-3-5-9(17)6-8/h3-7,10,17H,13H2,1-2H3,(H,14,15,16)/t10-/m0/s1. The van der Waals surface area contributed by atoms with E-state index in [2.05, 4.69) is 15.2 Å². The number of aromatic amines is 1. The molecule has 4 N–H and O–H groups in total. The number of rotatable bonds is 3. The minimum atomic E-state index is -0.159. The molecule has 0 amide bonds. The minimum Gasteiger partial charge on any atom is -0.508 e. The number of aromatic hydroxyl groups is 1. The van der Waals surface area contributed by atoms with Crippen LogP contribution in [-0.2, 0) is 0 Å². The molecule has 0 aliphatic rings. The van der Waals surface area contributed by atoms with E-state index in [1.165, 1.54) is 0 Å². The average molecular weight is 232 g/mol. The maximum absolute atomic E-state index is 9.39. The van der Waals surface area contributed by atoms with Crippen molar-refractivity contribution in [2.45, 2.75) is 19.9 Å². The lowest BCUT2D eigenvalue weighted by Crippen LogP contribution is -2.18. The highest BCUT2D eigenvalue weighted by atomic mass is 16.3. The van der Waals surface area contributed by atoms with E-state index in [9.17, 15) is 5.11 Å². The number of hydrogen-bond acceptors (Lipinski definition) is 4. The Kier molecular flexibility index (Phi) is 3.10. The number of hydrogen-bond donors (Lipinski definition) is 3. The van der Waals surface area contributed by atoms with E-state index in [4.69, 9.17) is 5.73 Å². The molecule has 2 aromatic rings. The molecule has 90 valence electrons. The van der Waals surface area contributed by atoms with Crippen molar-refractivity contribution in [3.63, 3.8) is 0 Å². The number of benzene rings is 1. The third-order valence-electron chi connectivity index (χ3n) is 2.64. The van der Waals surface area contributed by atoms with Crippen LogP contribution >= 0.6 is 0 Å². The first-order valence-electron chi connectivity index (χ1n) is 5.55. The van der Waals surface area contributed by atoms with Gasteiger partial charge < -0.3 is 10.8 Å². The van der Waals surface area contributed by atoms with Gasteiger partial charge in [0, 0.05) is 5.56 Å². The second-order valence-electron chi connectivity index (χ2n) is 4.36. The van der Waals surface area contributed by atoms with E-state index >= 15 is 0 Å². The van der Waals surface area contributed by atoms with E-state index in [1.807, 2.05) is 19.9 Å². The predicted molar refractivity (Wildman–Crippen MR) is 65.2 cm³/mol. The Morgan fingerprint density at radius 2 is 2.12 bits per heavy atom. The second kappa shape index (κ2) is 4.55. The predicted octanol–water partition coefficient (Wildman–Crippen LogP) is 1.83. The van der Waals surface area contributed by atoms with Crippen LogP contribution < -0.4 is 5.73 Å². The molecule has 5 heteroatoms. The Balaban J connectivity index is 2.30. The van der Waals surface area contributed by atoms with Gasteiger partial charge in [-0.3, -0.25) is 5.10 Å². The number of H-pyrrole nitrogens is 1. The molecule has 1 atom stereocenters. The Bertz CT molecular complexity index is 507. The van der Waals surface area contributed by atoms with Crippen LogP contribution in [0.2, 0.25) is 0 Å². The van der Waals surface area contributed by atoms with E-state index in [1.54, 1.807) is 18.2 Å². The van der Waals surface area contributed by atoms with Crippen molar-refractivity contribution in [1.29, 1.82) is 0 Å². The SMILES string of the molecule is CC(C)[C@H](N)c1nc(-c2cccc(O)c2)n[nH]1. The van der Waals surface area contributed by atoms with Gasteiger partial charge in [-0.25, -0.2) is 4.98 Å². The maximum atomic E-state index is 9.39. The van der Waals surface area contributed by atoms with Gasteiger partial charge in [-0.05, 0) is 18.1 Å². The van der Waals surface area contributed by atoms with Crippen molar-refractivity contribution in [3.05, 3.63) is 30.1 Å². The van der Waals surface area contributed by atoms with Gasteiger partial charge in [0.05, 0.1) is 6.04 Å². The minimum absolute atomic E-state index is 0.159. The van der Waals surface area contributed by atoms with E-state index in [-0.39, 0.29) is 11.8 Å². The molecular formula is C12H16N4O. The summed E-state index contributed by atoms with van der Waals surface area (Å²) in [7, 11) is 0. The van der Waals surface area contributed by atoms with Gasteiger partial charge in [0.25, 0.3) is 0 Å². The largest absolute Gasteiger partial charge is 0.508 e. The lowest BCUT2D eigenvalue weighted by molar-refractivity contribution is 0.475. The van der Waals surface area contributed by atoms with Crippen molar-refractivity contribution in [1.82, 2.24) is 15.2 Å². The summed E-state index contributed by atoms with van der Waals surface area (Å²) in [5.41, 5.74) is 6.74. The topological polar surface area (TPSA) is 87.8 Å². The molecule has 17 heavy (non-hydrogen) atoms. The van der Waals surface area contributed by atoms with Gasteiger partial charge in [0.15, 0.2) is 5.82 Å². The summed E-state index contributed by atoms with van der Waals surface area (Å²) in [6, 6.07) is 6.66. The summed E-state index contributed by atoms with van der Waals surface area (Å²) in [6.07, 6.45) is 0. The zero-order valence-electron chi connectivity index (χ0n) is 9.88. The molecule has 0 unspecified atom stereocenters. The molecule has 1 heterocycles. The fourth-order valence-electron chi connectivity index (χ4n) is 1.51. The van der Waals surface area contributed by atoms with Crippen molar-refractivity contribution < 1.29 is 5.11 Å². The van der Waals surface area contributed by atoms with Gasteiger partial charge in [-0.15, -0.1) is 0 Å². The van der Waals surface area contributed by atoms with Crippen LogP contribution in [0.1, 0.15) is 25.7 Å². The van der Waals surface area contributed by atoms with Crippen LogP contribution in [0.4, 0.5) is 0 Å². The highest BCUT2D eigenvalue weighted by Gasteiger charge is 2.15. The molecule has 0 bridgehead atoms. The molecule has 2 rings (SSSR count). The molecule has 0 aliphatic heterocycles. The summed E-state index contributed by atoms with van der Waals surface area (Å²) >= 11 is 0. The third kappa shape index (κ3) is 2.45. The van der Waals surface area contributed by atoms with Gasteiger partial charge in [0.2, 0.25) is 0 Å². The number of phenolic OH excluding ortho intramolecular Hbond substituents is 1. The van der Waals surface area contributed by atoms with Gasteiger partial charge in [0.1, 0.15) is 11.6 Å². The number of aromatic nitrogens is 3. The van der Waals surface area contributed by atoms with E-state index in [0.29, 0.717) is 17.6 Å². The fourth-order valence-corrected chi connectivity index (χ4v) is 1.51. The molecular weight excluding hydrogens is 216 g/mol. The quantitative estimate of drug-likeness (QED) is 0.753. The first-order valence-corrected chi connectivity index (χ1v) is 5.55. The van der Waals surface area contributed by atoms with Crippen LogP contribution in [0.3, 0.4) is 0 Å². The maximum Gasteiger partial charge on any atom is 0.181 e. The van der Waals surface area contributed by atoms with Gasteiger partial charge in [-0.2, -0.15) is 5.10 Å². The molecule has 1 aromatic carbocycles. The molecule has 0 saturated carbocycles. The zero-order valence-corrected chi connectivity index (χ0v) is 9.88. The molecule has 0 saturated heterocycles. The Labute approximate surface area is 99.7 Å². The lowest BCUT2D eigenvalue weighted by atomic mass is 10.1. The van der Waals surface area contributed by atoms with Crippen LogP contribution in [-0.4, -0.2) is 20.3 Å². The molecule has 5 nitrogen and oxygen atoms in total. The van der Waals surface area contributed by atoms with Crippen molar-refractivity contribution in [2.24, 2.45) is 11.7 Å². The smallest absolute Gasteiger partial charge is 0.181 e. The first kappa shape index (κ1) is 11.6. The van der Waals surface area contributed by atoms with Crippen molar-refractivity contribution in [3.8, 4) is 17.1 Å². The summed E-state index contributed by atoms with van der Waals surface area (Å²) in [6.45, 7) is 4.06. The van der Waals surface area contributed by atoms with Gasteiger partial charge in [-0.1, -0.05) is 26.0 Å². The van der Waals surface area contributed by atoms with Gasteiger partial charge >= 0.3 is 0 Å². The normalized spacial score (nSPS) is 12.9. The number of nitrogens with zero attached hydrogens (tertiary/aromatic N) is 2. The van der Waals surface area contributed by atoms with E-state index in [0.717, 1.165) is 5.56 Å². The first-order chi connectivity index (χ1) is 8.08. The monoisotopic (exact) mass is 232 g/mol. The van der Waals surface area contributed by atoms with E-state index < -0.39 is 0 Å². The summed E-state index contributed by atoms with van der Waals surface area (Å²) in [5.74, 6) is 1.70. The van der Waals surface area contributed by atoms with Crippen molar-refractivity contribution in [2.75, 3.05) is 0 Å². The highest BCUT2D eigenvalue weighted by Crippen LogP contribution is 2.22. The van der Waals surface area contributed by atoms with Crippen LogP contribution in [0.25, 0.3) is 11.4 Å². The summed E-state index contributed by atoms with van der Waals surface area (Å²) in [5, 5.41) is 16.3. The van der Waals surface area contributed by atoms with Crippen LogP contribution in [0.15, 0.2) is 24.3 Å². The number of nitrogens with one attached hydrogen (secondary N) is 1. The Morgan fingerprint density at radius 3 is 2.76 bits per heavy atom.